The van der Waals surface area contributed by atoms with E-state index in [0.29, 0.717) is 35.1 Å². The Hall–Kier alpha value is -3.14. The molecule has 1 aliphatic heterocycles. The highest BCUT2D eigenvalue weighted by molar-refractivity contribution is 7.09. The zero-order valence-corrected chi connectivity index (χ0v) is 14.6. The van der Waals surface area contributed by atoms with E-state index in [0.717, 1.165) is 11.3 Å². The predicted octanol–water partition coefficient (Wildman–Crippen LogP) is 1.31. The zero-order chi connectivity index (χ0) is 18.7. The van der Waals surface area contributed by atoms with Gasteiger partial charge in [-0.05, 0) is 18.2 Å². The summed E-state index contributed by atoms with van der Waals surface area (Å²) < 4.78 is 5.28. The summed E-state index contributed by atoms with van der Waals surface area (Å²) in [4.78, 5) is 40.6. The minimum atomic E-state index is -1.11. The molecule has 0 atom stereocenters. The number of aromatic nitrogens is 1. The zero-order valence-electron chi connectivity index (χ0n) is 13.8. The van der Waals surface area contributed by atoms with Gasteiger partial charge < -0.3 is 20.5 Å². The lowest BCUT2D eigenvalue weighted by Crippen LogP contribution is -2.29. The van der Waals surface area contributed by atoms with E-state index < -0.39 is 5.97 Å². The number of aromatic carboxylic acids is 1. The number of carbonyl (C=O) groups is 3. The molecule has 0 spiro atoms. The van der Waals surface area contributed by atoms with Crippen molar-refractivity contribution in [2.75, 3.05) is 25.1 Å². The maximum atomic E-state index is 12.4. The van der Waals surface area contributed by atoms with E-state index in [9.17, 15) is 14.4 Å². The van der Waals surface area contributed by atoms with Gasteiger partial charge in [-0.1, -0.05) is 0 Å². The Morgan fingerprint density at radius 2 is 2.27 bits per heavy atom. The summed E-state index contributed by atoms with van der Waals surface area (Å²) in [6, 6.07) is 4.56. The van der Waals surface area contributed by atoms with Crippen LogP contribution in [0.1, 0.15) is 25.9 Å². The van der Waals surface area contributed by atoms with Gasteiger partial charge in [0.05, 0.1) is 19.3 Å². The van der Waals surface area contributed by atoms with Gasteiger partial charge >= 0.3 is 12.0 Å². The van der Waals surface area contributed by atoms with Crippen molar-refractivity contribution in [3.05, 3.63) is 39.8 Å². The lowest BCUT2D eigenvalue weighted by molar-refractivity contribution is 0.0691. The number of nitrogens with one attached hydrogen (secondary N) is 2. The second kappa shape index (κ2) is 7.40. The van der Waals surface area contributed by atoms with Crippen molar-refractivity contribution in [1.29, 1.82) is 0 Å². The summed E-state index contributed by atoms with van der Waals surface area (Å²) in [7, 11) is 1.50. The Balaban J connectivity index is 1.74. The van der Waals surface area contributed by atoms with Crippen LogP contribution < -0.4 is 20.3 Å². The largest absolute Gasteiger partial charge is 0.495 e. The molecule has 1 fully saturated rings. The van der Waals surface area contributed by atoms with E-state index >= 15 is 0 Å². The number of thiazole rings is 1. The van der Waals surface area contributed by atoms with Crippen LogP contribution in [0.2, 0.25) is 0 Å². The molecular weight excluding hydrogens is 360 g/mol. The van der Waals surface area contributed by atoms with Gasteiger partial charge in [-0.15, -0.1) is 11.3 Å². The Bertz CT molecular complexity index is 866. The first-order chi connectivity index (χ1) is 12.5. The van der Waals surface area contributed by atoms with Crippen LogP contribution in [0.15, 0.2) is 23.6 Å². The van der Waals surface area contributed by atoms with Crippen LogP contribution in [-0.2, 0) is 6.54 Å². The van der Waals surface area contributed by atoms with Crippen molar-refractivity contribution in [2.45, 2.75) is 6.54 Å². The smallest absolute Gasteiger partial charge is 0.355 e. The molecule has 1 aliphatic rings. The predicted molar refractivity (Wildman–Crippen MR) is 94.0 cm³/mol. The average molecular weight is 376 g/mol. The Morgan fingerprint density at radius 3 is 2.88 bits per heavy atom. The maximum Gasteiger partial charge on any atom is 0.355 e. The number of carboxylic acids is 1. The van der Waals surface area contributed by atoms with Gasteiger partial charge in [0.25, 0.3) is 5.91 Å². The molecule has 26 heavy (non-hydrogen) atoms. The molecule has 0 aliphatic carbocycles. The number of benzene rings is 1. The van der Waals surface area contributed by atoms with E-state index in [1.807, 2.05) is 0 Å². The number of hydrogen-bond acceptors (Lipinski definition) is 6. The number of rotatable bonds is 6. The fourth-order valence-electron chi connectivity index (χ4n) is 2.49. The maximum absolute atomic E-state index is 12.4. The van der Waals surface area contributed by atoms with Crippen LogP contribution >= 0.6 is 11.3 Å². The summed E-state index contributed by atoms with van der Waals surface area (Å²) in [5.41, 5.74) is 0.819. The van der Waals surface area contributed by atoms with Crippen molar-refractivity contribution in [2.24, 2.45) is 0 Å². The topological polar surface area (TPSA) is 121 Å². The van der Waals surface area contributed by atoms with E-state index in [-0.39, 0.29) is 24.2 Å². The molecule has 2 aromatic rings. The molecule has 0 saturated carbocycles. The molecule has 136 valence electrons. The van der Waals surface area contributed by atoms with E-state index in [4.69, 9.17) is 9.84 Å². The number of nitrogens with zero attached hydrogens (tertiary/aromatic N) is 2. The lowest BCUT2D eigenvalue weighted by Gasteiger charge is -2.18. The SMILES string of the molecule is COc1ccc(C(=O)NCc2nc(C(=O)O)cs2)cc1N1CCNC1=O. The normalized spacial score (nSPS) is 13.4. The van der Waals surface area contributed by atoms with Crippen LogP contribution in [0.4, 0.5) is 10.5 Å². The highest BCUT2D eigenvalue weighted by atomic mass is 32.1. The number of anilines is 1. The van der Waals surface area contributed by atoms with Crippen molar-refractivity contribution in [3.8, 4) is 5.75 Å². The second-order valence-electron chi connectivity index (χ2n) is 5.38. The molecule has 2 heterocycles. The highest BCUT2D eigenvalue weighted by Gasteiger charge is 2.25. The number of methoxy groups -OCH3 is 1. The summed E-state index contributed by atoms with van der Waals surface area (Å²) >= 11 is 1.16. The van der Waals surface area contributed by atoms with Gasteiger partial charge in [0.1, 0.15) is 10.8 Å². The first-order valence-electron chi connectivity index (χ1n) is 7.69. The molecule has 3 N–H and O–H groups in total. The fraction of sp³-hybridized carbons (Fsp3) is 0.250. The van der Waals surface area contributed by atoms with Crippen molar-refractivity contribution in [1.82, 2.24) is 15.6 Å². The first-order valence-corrected chi connectivity index (χ1v) is 8.57. The standard InChI is InChI=1S/C16H16N4O5S/c1-25-12-3-2-9(6-11(12)20-5-4-17-16(20)24)14(21)18-7-13-19-10(8-26-13)15(22)23/h2-3,6,8H,4-5,7H2,1H3,(H,17,24)(H,18,21)(H,22,23). The third-order valence-corrected chi connectivity index (χ3v) is 4.61. The molecule has 0 radical (unpaired) electrons. The Morgan fingerprint density at radius 1 is 1.46 bits per heavy atom. The molecule has 3 rings (SSSR count). The number of carboxylic acid groups (broad SMARTS) is 1. The molecule has 1 saturated heterocycles. The van der Waals surface area contributed by atoms with Gasteiger partial charge in [0.2, 0.25) is 0 Å². The third kappa shape index (κ3) is 3.59. The number of hydrogen-bond donors (Lipinski definition) is 3. The minimum absolute atomic E-state index is 0.0500. The summed E-state index contributed by atoms with van der Waals surface area (Å²) in [5.74, 6) is -0.979. The van der Waals surface area contributed by atoms with Gasteiger partial charge in [-0.3, -0.25) is 9.69 Å². The molecule has 1 aromatic heterocycles. The molecule has 1 aromatic carbocycles. The number of carbonyl (C=O) groups excluding carboxylic acids is 2. The van der Waals surface area contributed by atoms with Crippen LogP contribution in [-0.4, -0.2) is 48.2 Å². The van der Waals surface area contributed by atoms with Gasteiger partial charge in [-0.2, -0.15) is 0 Å². The Kier molecular flexibility index (Phi) is 5.03. The number of amides is 3. The molecule has 0 bridgehead atoms. The van der Waals surface area contributed by atoms with Crippen LogP contribution in [0.25, 0.3) is 0 Å². The van der Waals surface area contributed by atoms with E-state index in [1.165, 1.54) is 17.4 Å². The van der Waals surface area contributed by atoms with Crippen molar-refractivity contribution >= 4 is 34.9 Å². The Labute approximate surface area is 152 Å². The number of urea groups is 1. The summed E-state index contributed by atoms with van der Waals surface area (Å²) in [5, 5.41) is 16.2. The van der Waals surface area contributed by atoms with Crippen LogP contribution in [0.3, 0.4) is 0 Å². The average Bonchev–Trinajstić information content (AvgIpc) is 3.28. The lowest BCUT2D eigenvalue weighted by atomic mass is 10.1. The second-order valence-corrected chi connectivity index (χ2v) is 6.33. The van der Waals surface area contributed by atoms with E-state index in [2.05, 4.69) is 15.6 Å². The third-order valence-electron chi connectivity index (χ3n) is 3.76. The van der Waals surface area contributed by atoms with Crippen molar-refractivity contribution in [3.63, 3.8) is 0 Å². The summed E-state index contributed by atoms with van der Waals surface area (Å²) in [6.07, 6.45) is 0. The van der Waals surface area contributed by atoms with Crippen LogP contribution in [0, 0.1) is 0 Å². The highest BCUT2D eigenvalue weighted by Crippen LogP contribution is 2.30. The quantitative estimate of drug-likeness (QED) is 0.699. The van der Waals surface area contributed by atoms with E-state index in [1.54, 1.807) is 18.2 Å². The first kappa shape index (κ1) is 17.7. The van der Waals surface area contributed by atoms with Crippen molar-refractivity contribution < 1.29 is 24.2 Å². The summed E-state index contributed by atoms with van der Waals surface area (Å²) in [6.45, 7) is 1.12. The molecule has 10 heteroatoms. The molecule has 9 nitrogen and oxygen atoms in total. The monoisotopic (exact) mass is 376 g/mol. The molecule has 0 unspecified atom stereocenters. The molecule has 3 amide bonds. The minimum Gasteiger partial charge on any atom is -0.495 e. The fourth-order valence-corrected chi connectivity index (χ4v) is 3.20. The van der Waals surface area contributed by atoms with Crippen LogP contribution in [0.5, 0.6) is 5.75 Å². The molecular formula is C16H16N4O5S. The van der Waals surface area contributed by atoms with Gasteiger partial charge in [0.15, 0.2) is 5.69 Å². The van der Waals surface area contributed by atoms with Gasteiger partial charge in [0, 0.05) is 24.0 Å². The van der Waals surface area contributed by atoms with Gasteiger partial charge in [-0.25, -0.2) is 14.6 Å². The number of ether oxygens (including phenoxy) is 1.